The fraction of sp³-hybridized carbons (Fsp3) is 1.00. The Kier molecular flexibility index (Phi) is 24.4. The van der Waals surface area contributed by atoms with E-state index in [1.807, 2.05) is 0 Å². The van der Waals surface area contributed by atoms with Crippen LogP contribution < -0.4 is 0 Å². The SMILES string of the molecule is C.C.CC(C)(C)CN1CCCCC1.CN(C)C1CCN(C(C)(C)C)CC1.CN1CCC(N(C)C(C)(C)C)CC1.CN1CCN(C(C)(C)C)CC1. The molecule has 0 radical (unpaired) electrons. The van der Waals surface area contributed by atoms with Gasteiger partial charge < -0.3 is 19.6 Å². The van der Waals surface area contributed by atoms with Gasteiger partial charge in [-0.05, 0) is 168 Å². The molecule has 0 aromatic heterocycles. The van der Waals surface area contributed by atoms with E-state index < -0.39 is 0 Å². The minimum absolute atomic E-state index is 0. The maximum Gasteiger partial charge on any atom is 0.0126 e. The van der Waals surface area contributed by atoms with Gasteiger partial charge in [-0.2, -0.15) is 0 Å². The fourth-order valence-corrected chi connectivity index (χ4v) is 7.25. The zero-order valence-corrected chi connectivity index (χ0v) is 36.0. The van der Waals surface area contributed by atoms with Crippen molar-refractivity contribution < 1.29 is 0 Å². The Hall–Kier alpha value is -0.280. The number of hydrogen-bond acceptors (Lipinski definition) is 7. The molecule has 4 aliphatic heterocycles. The van der Waals surface area contributed by atoms with Gasteiger partial charge in [0.1, 0.15) is 0 Å². The molecule has 0 N–H and O–H groups in total. The second-order valence-corrected chi connectivity index (χ2v) is 20.0. The second-order valence-electron chi connectivity index (χ2n) is 20.0. The molecule has 7 heteroatoms. The number of nitrogens with zero attached hydrogens (tertiary/aromatic N) is 7. The van der Waals surface area contributed by atoms with E-state index in [0.717, 1.165) is 12.1 Å². The van der Waals surface area contributed by atoms with Crippen molar-refractivity contribution in [2.45, 2.75) is 172 Å². The quantitative estimate of drug-likeness (QED) is 0.290. The molecule has 0 atom stereocenters. The number of piperazine rings is 1. The molecule has 4 saturated heterocycles. The average Bonchev–Trinajstić information content (AvgIpc) is 2.97. The Labute approximate surface area is 317 Å². The van der Waals surface area contributed by atoms with Crippen molar-refractivity contribution in [2.24, 2.45) is 5.41 Å². The Balaban J connectivity index is 0. The molecule has 4 aliphatic rings. The van der Waals surface area contributed by atoms with Crippen molar-refractivity contribution in [1.82, 2.24) is 34.3 Å². The molecule has 0 bridgehead atoms. The molecule has 7 nitrogen and oxygen atoms in total. The predicted molar refractivity (Wildman–Crippen MR) is 228 cm³/mol. The third kappa shape index (κ3) is 22.1. The van der Waals surface area contributed by atoms with Crippen molar-refractivity contribution in [2.75, 3.05) is 107 Å². The van der Waals surface area contributed by atoms with E-state index in [2.05, 4.69) is 153 Å². The zero-order valence-electron chi connectivity index (χ0n) is 36.0. The largest absolute Gasteiger partial charge is 0.306 e. The number of rotatable bonds is 3. The average molecular weight is 712 g/mol. The van der Waals surface area contributed by atoms with Gasteiger partial charge in [0.05, 0.1) is 0 Å². The maximum atomic E-state index is 2.60. The van der Waals surface area contributed by atoms with Crippen LogP contribution in [-0.2, 0) is 0 Å². The summed E-state index contributed by atoms with van der Waals surface area (Å²) in [7, 11) is 11.1. The lowest BCUT2D eigenvalue weighted by Crippen LogP contribution is -2.52. The molecule has 0 amide bonds. The summed E-state index contributed by atoms with van der Waals surface area (Å²) < 4.78 is 0. The zero-order chi connectivity index (χ0) is 36.9. The van der Waals surface area contributed by atoms with Crippen LogP contribution in [0.2, 0.25) is 0 Å². The minimum Gasteiger partial charge on any atom is -0.306 e. The highest BCUT2D eigenvalue weighted by molar-refractivity contribution is 4.85. The minimum atomic E-state index is 0. The molecule has 4 fully saturated rings. The van der Waals surface area contributed by atoms with Crippen molar-refractivity contribution in [3.05, 3.63) is 0 Å². The smallest absolute Gasteiger partial charge is 0.0126 e. The Morgan fingerprint density at radius 2 is 0.860 bits per heavy atom. The van der Waals surface area contributed by atoms with Crippen LogP contribution in [0, 0.1) is 5.41 Å². The lowest BCUT2D eigenvalue weighted by atomic mass is 9.95. The van der Waals surface area contributed by atoms with E-state index in [1.54, 1.807) is 0 Å². The highest BCUT2D eigenvalue weighted by Crippen LogP contribution is 2.23. The standard InChI is InChI=1S/2C11H24N2.C10H21N.C9H20N2.2CH4/c1-11(2,3)13(5)10-6-8-12(4)9-7-10;1-11(2,3)13-8-6-10(7-9-13)12(4)5;1-10(2,3)9-11-7-5-4-6-8-11;1-9(2,3)11-7-5-10(4)6-8-11;;/h2*10H,6-9H2,1-5H3;4-9H2,1-3H3;5-8H2,1-4H3;2*1H4. The van der Waals surface area contributed by atoms with Crippen LogP contribution in [-0.4, -0.2) is 170 Å². The lowest BCUT2D eigenvalue weighted by molar-refractivity contribution is 0.0713. The second kappa shape index (κ2) is 23.5. The third-order valence-corrected chi connectivity index (χ3v) is 11.0. The van der Waals surface area contributed by atoms with Crippen molar-refractivity contribution in [3.63, 3.8) is 0 Å². The summed E-state index contributed by atoms with van der Waals surface area (Å²) in [5, 5.41) is 0. The summed E-state index contributed by atoms with van der Waals surface area (Å²) in [5.74, 6) is 0. The Bertz CT molecular complexity index is 802. The van der Waals surface area contributed by atoms with Gasteiger partial charge in [-0.15, -0.1) is 0 Å². The van der Waals surface area contributed by atoms with E-state index >= 15 is 0 Å². The number of piperidine rings is 3. The van der Waals surface area contributed by atoms with Gasteiger partial charge in [0, 0.05) is 74.5 Å². The van der Waals surface area contributed by atoms with Crippen LogP contribution in [0.25, 0.3) is 0 Å². The molecule has 0 saturated carbocycles. The topological polar surface area (TPSA) is 22.7 Å². The fourth-order valence-electron chi connectivity index (χ4n) is 7.25. The first-order valence-corrected chi connectivity index (χ1v) is 19.9. The highest BCUT2D eigenvalue weighted by Gasteiger charge is 2.29. The molecule has 304 valence electrons. The maximum absolute atomic E-state index is 2.60. The van der Waals surface area contributed by atoms with Gasteiger partial charge in [0.25, 0.3) is 0 Å². The predicted octanol–water partition coefficient (Wildman–Crippen LogP) is 8.44. The van der Waals surface area contributed by atoms with Gasteiger partial charge in [-0.1, -0.05) is 42.0 Å². The summed E-state index contributed by atoms with van der Waals surface area (Å²) in [5.41, 5.74) is 1.52. The van der Waals surface area contributed by atoms with Crippen molar-refractivity contribution >= 4 is 0 Å². The van der Waals surface area contributed by atoms with Gasteiger partial charge in [0.2, 0.25) is 0 Å². The Morgan fingerprint density at radius 3 is 1.22 bits per heavy atom. The summed E-state index contributed by atoms with van der Waals surface area (Å²) >= 11 is 0. The van der Waals surface area contributed by atoms with E-state index in [1.165, 1.54) is 117 Å². The first kappa shape index (κ1) is 51.8. The highest BCUT2D eigenvalue weighted by atomic mass is 15.3. The van der Waals surface area contributed by atoms with E-state index in [9.17, 15) is 0 Å². The summed E-state index contributed by atoms with van der Waals surface area (Å²) in [4.78, 5) is 17.4. The van der Waals surface area contributed by atoms with E-state index in [-0.39, 0.29) is 14.9 Å². The summed E-state index contributed by atoms with van der Waals surface area (Å²) in [6.07, 6.45) is 9.57. The van der Waals surface area contributed by atoms with Crippen LogP contribution in [0.1, 0.15) is 143 Å². The Morgan fingerprint density at radius 1 is 0.480 bits per heavy atom. The van der Waals surface area contributed by atoms with E-state index in [0.29, 0.717) is 22.0 Å². The first-order valence-electron chi connectivity index (χ1n) is 19.9. The van der Waals surface area contributed by atoms with Crippen LogP contribution >= 0.6 is 0 Å². The van der Waals surface area contributed by atoms with Crippen molar-refractivity contribution in [3.8, 4) is 0 Å². The molecule has 0 aromatic rings. The molecule has 4 heterocycles. The summed E-state index contributed by atoms with van der Waals surface area (Å²) in [6, 6.07) is 1.59. The summed E-state index contributed by atoms with van der Waals surface area (Å²) in [6.45, 7) is 41.5. The van der Waals surface area contributed by atoms with Crippen molar-refractivity contribution in [1.29, 1.82) is 0 Å². The first-order chi connectivity index (χ1) is 21.9. The van der Waals surface area contributed by atoms with Gasteiger partial charge in [-0.3, -0.25) is 14.7 Å². The number of likely N-dealkylation sites (tertiary alicyclic amines) is 3. The number of likely N-dealkylation sites (N-methyl/N-ethyl adjacent to an activating group) is 1. The molecule has 0 aromatic carbocycles. The lowest BCUT2D eigenvalue weighted by Gasteiger charge is -2.42. The number of hydrogen-bond donors (Lipinski definition) is 0. The third-order valence-electron chi connectivity index (χ3n) is 11.0. The molecule has 0 aliphatic carbocycles. The van der Waals surface area contributed by atoms with Gasteiger partial charge in [-0.25, -0.2) is 0 Å². The monoisotopic (exact) mass is 712 g/mol. The van der Waals surface area contributed by atoms with Gasteiger partial charge >= 0.3 is 0 Å². The normalized spacial score (nSPS) is 21.9. The molecular weight excluding hydrogens is 615 g/mol. The van der Waals surface area contributed by atoms with E-state index in [4.69, 9.17) is 0 Å². The van der Waals surface area contributed by atoms with Crippen LogP contribution in [0.3, 0.4) is 0 Å². The van der Waals surface area contributed by atoms with Gasteiger partial charge in [0.15, 0.2) is 0 Å². The molecule has 0 spiro atoms. The molecular formula is C43H97N7. The molecule has 0 unspecified atom stereocenters. The van der Waals surface area contributed by atoms with Crippen LogP contribution in [0.15, 0.2) is 0 Å². The van der Waals surface area contributed by atoms with Crippen LogP contribution in [0.4, 0.5) is 0 Å². The van der Waals surface area contributed by atoms with Crippen LogP contribution in [0.5, 0.6) is 0 Å². The molecule has 4 rings (SSSR count). The molecule has 50 heavy (non-hydrogen) atoms.